The van der Waals surface area contributed by atoms with E-state index in [0.717, 1.165) is 34.3 Å². The fourth-order valence-corrected chi connectivity index (χ4v) is 6.62. The molecule has 0 amide bonds. The van der Waals surface area contributed by atoms with E-state index in [0.29, 0.717) is 44.9 Å². The van der Waals surface area contributed by atoms with Crippen molar-refractivity contribution in [2.24, 2.45) is 5.10 Å². The van der Waals surface area contributed by atoms with Crippen LogP contribution < -0.4 is 10.6 Å². The number of rotatable bonds is 15. The first-order valence-electron chi connectivity index (χ1n) is 17.9. The van der Waals surface area contributed by atoms with E-state index in [4.69, 9.17) is 4.74 Å². The van der Waals surface area contributed by atoms with E-state index in [1.54, 1.807) is 6.92 Å². The van der Waals surface area contributed by atoms with Crippen LogP contribution in [-0.4, -0.2) is 83.4 Å². The van der Waals surface area contributed by atoms with Crippen LogP contribution in [0.15, 0.2) is 120 Å². The minimum atomic E-state index is -4.06. The summed E-state index contributed by atoms with van der Waals surface area (Å²) >= 11 is 0. The van der Waals surface area contributed by atoms with Gasteiger partial charge in [-0.25, -0.2) is 18.4 Å². The molecule has 2 aromatic heterocycles. The number of anilines is 1. The fraction of sp³-hybridized carbons (Fsp3) is 0.359. The van der Waals surface area contributed by atoms with Crippen molar-refractivity contribution in [2.45, 2.75) is 64.0 Å². The van der Waals surface area contributed by atoms with E-state index < -0.39 is 35.2 Å². The Balaban J connectivity index is 1.14. The second kappa shape index (κ2) is 16.6. The molecule has 0 bridgehead atoms. The number of hydrazone groups is 1. The van der Waals surface area contributed by atoms with E-state index in [1.165, 1.54) is 51.2 Å². The molecule has 1 N–H and O–H groups in total. The van der Waals surface area contributed by atoms with Gasteiger partial charge in [-0.2, -0.15) is 34.0 Å². The minimum absolute atomic E-state index is 0.251. The summed E-state index contributed by atoms with van der Waals surface area (Å²) in [5.74, 6) is -5.05. The summed E-state index contributed by atoms with van der Waals surface area (Å²) in [7, 11) is 0. The third-order valence-corrected chi connectivity index (χ3v) is 9.64. The predicted molar refractivity (Wildman–Crippen MR) is 199 cm³/mol. The summed E-state index contributed by atoms with van der Waals surface area (Å²) in [5.41, 5.74) is -2.07. The Labute approximate surface area is 311 Å². The van der Waals surface area contributed by atoms with Crippen molar-refractivity contribution < 1.29 is 23.0 Å². The Morgan fingerprint density at radius 3 is 2.24 bits per heavy atom. The first-order chi connectivity index (χ1) is 26.1. The highest BCUT2D eigenvalue weighted by atomic mass is 19.3. The normalized spacial score (nSPS) is 16.5. The lowest BCUT2D eigenvalue weighted by molar-refractivity contribution is -0.156. The largest absolute Gasteiger partial charge is 0.377 e. The number of allylic oxidation sites excluding steroid dienone is 2. The molecule has 6 rings (SSSR count). The van der Waals surface area contributed by atoms with Gasteiger partial charge in [0.2, 0.25) is 0 Å². The van der Waals surface area contributed by atoms with Gasteiger partial charge in [-0.1, -0.05) is 61.5 Å². The van der Waals surface area contributed by atoms with Crippen LogP contribution in [0.4, 0.5) is 18.9 Å². The number of aromatic nitrogens is 6. The highest BCUT2D eigenvalue weighted by molar-refractivity contribution is 6.01. The van der Waals surface area contributed by atoms with Gasteiger partial charge in [0.25, 0.3) is 0 Å². The van der Waals surface area contributed by atoms with Gasteiger partial charge in [0.1, 0.15) is 24.4 Å². The van der Waals surface area contributed by atoms with Gasteiger partial charge in [-0.05, 0) is 62.2 Å². The zero-order valence-electron chi connectivity index (χ0n) is 30.4. The van der Waals surface area contributed by atoms with Crippen molar-refractivity contribution in [2.75, 3.05) is 31.1 Å². The molecule has 5 aromatic rings. The second-order valence-corrected chi connectivity index (χ2v) is 13.1. The summed E-state index contributed by atoms with van der Waals surface area (Å²) in [6.45, 7) is 6.64. The molecule has 3 atom stereocenters. The molecule has 1 unspecified atom stereocenters. The van der Waals surface area contributed by atoms with Gasteiger partial charge in [-0.15, -0.1) is 0 Å². The molecule has 0 spiro atoms. The molecule has 0 radical (unpaired) electrons. The molecule has 1 saturated heterocycles. The molecular weight excluding hydrogens is 699 g/mol. The van der Waals surface area contributed by atoms with Gasteiger partial charge >= 0.3 is 11.6 Å². The molecule has 1 aliphatic rings. The second-order valence-electron chi connectivity index (χ2n) is 13.1. The molecule has 0 saturated carbocycles. The molecule has 3 heterocycles. The zero-order chi connectivity index (χ0) is 38.3. The smallest absolute Gasteiger partial charge is 0.350 e. The molecule has 0 aliphatic carbocycles. The van der Waals surface area contributed by atoms with Gasteiger partial charge in [-0.3, -0.25) is 5.01 Å². The number of halogens is 3. The van der Waals surface area contributed by atoms with Crippen molar-refractivity contribution in [1.29, 1.82) is 0 Å². The first-order valence-corrected chi connectivity index (χ1v) is 17.9. The average molecular weight is 744 g/mol. The monoisotopic (exact) mass is 743 g/mol. The van der Waals surface area contributed by atoms with Gasteiger partial charge in [0.15, 0.2) is 5.60 Å². The number of piperazine rings is 1. The Bertz CT molecular complexity index is 2080. The van der Waals surface area contributed by atoms with Crippen LogP contribution in [0, 0.1) is 5.82 Å². The molecule has 1 fully saturated rings. The van der Waals surface area contributed by atoms with Crippen molar-refractivity contribution in [1.82, 2.24) is 34.4 Å². The maximum absolute atomic E-state index is 16.5. The Morgan fingerprint density at radius 2 is 1.59 bits per heavy atom. The third kappa shape index (κ3) is 8.01. The summed E-state index contributed by atoms with van der Waals surface area (Å²) in [5, 5.41) is 29.7. The van der Waals surface area contributed by atoms with Crippen LogP contribution in [0.5, 0.6) is 0 Å². The fourth-order valence-electron chi connectivity index (χ4n) is 6.62. The highest BCUT2D eigenvalue weighted by Gasteiger charge is 2.59. The molecular formula is C39H44F3N9O3. The quantitative estimate of drug-likeness (QED) is 0.138. The van der Waals surface area contributed by atoms with Crippen LogP contribution >= 0.6 is 0 Å². The SMILES string of the molecule is C/C=C\C(=N/N1CCN(c2ccc(-n3cnn([C@@H](CC)[C@H](C)OCc4ccccc4)c3=O)cc2)CC1)C(F)(F)C(O)(Cn1nccn1)c1ccccc1F. The molecule has 1 aliphatic heterocycles. The van der Waals surface area contributed by atoms with Crippen molar-refractivity contribution in [3.05, 3.63) is 137 Å². The lowest BCUT2D eigenvalue weighted by Crippen LogP contribution is -2.54. The molecule has 284 valence electrons. The summed E-state index contributed by atoms with van der Waals surface area (Å²) in [6.07, 6.45) is 7.02. The number of alkyl halides is 2. The summed E-state index contributed by atoms with van der Waals surface area (Å²) < 4.78 is 57.2. The average Bonchev–Trinajstić information content (AvgIpc) is 3.84. The van der Waals surface area contributed by atoms with Crippen LogP contribution in [0.3, 0.4) is 0 Å². The highest BCUT2D eigenvalue weighted by Crippen LogP contribution is 2.42. The predicted octanol–water partition coefficient (Wildman–Crippen LogP) is 5.60. The van der Waals surface area contributed by atoms with Gasteiger partial charge < -0.3 is 14.7 Å². The van der Waals surface area contributed by atoms with E-state index in [9.17, 15) is 9.90 Å². The van der Waals surface area contributed by atoms with E-state index in [-0.39, 0.29) is 17.8 Å². The number of hydrogen-bond acceptors (Lipinski definition) is 9. The Morgan fingerprint density at radius 1 is 0.944 bits per heavy atom. The molecule has 15 heteroatoms. The number of ether oxygens (including phenoxy) is 1. The lowest BCUT2D eigenvalue weighted by Gasteiger charge is -2.38. The molecule has 54 heavy (non-hydrogen) atoms. The van der Waals surface area contributed by atoms with Crippen molar-refractivity contribution in [3.8, 4) is 5.69 Å². The van der Waals surface area contributed by atoms with Crippen LogP contribution in [0.25, 0.3) is 5.69 Å². The lowest BCUT2D eigenvalue weighted by atomic mass is 9.84. The number of aliphatic hydroxyl groups is 1. The summed E-state index contributed by atoms with van der Waals surface area (Å²) in [4.78, 5) is 16.5. The van der Waals surface area contributed by atoms with Gasteiger partial charge in [0.05, 0.1) is 49.9 Å². The molecule has 12 nitrogen and oxygen atoms in total. The van der Waals surface area contributed by atoms with E-state index in [1.807, 2.05) is 68.4 Å². The number of nitrogens with zero attached hydrogens (tertiary/aromatic N) is 9. The topological polar surface area (TPSA) is 119 Å². The van der Waals surface area contributed by atoms with Crippen molar-refractivity contribution in [3.63, 3.8) is 0 Å². The van der Waals surface area contributed by atoms with Crippen LogP contribution in [0.1, 0.15) is 44.4 Å². The van der Waals surface area contributed by atoms with Crippen LogP contribution in [0.2, 0.25) is 0 Å². The number of hydrogen-bond donors (Lipinski definition) is 1. The Hall–Kier alpha value is -5.54. The maximum atomic E-state index is 16.5. The minimum Gasteiger partial charge on any atom is -0.377 e. The first kappa shape index (κ1) is 38.2. The standard InChI is InChI=1S/C39H44F3N9O3/c1-4-11-36(39(41,42)38(53,27-50-43-20-21-44-50)33-14-9-10-15-34(33)40)46-48-24-22-47(23-25-48)31-16-18-32(19-17-31)49-28-45-51(37(49)52)35(5-2)29(3)54-26-30-12-7-6-8-13-30/h4,6-21,28-29,35,53H,5,22-27H2,1-3H3/b11-4-,46-36+/t29-,35-,38?/m0/s1. The Kier molecular flexibility index (Phi) is 11.8. The summed E-state index contributed by atoms with van der Waals surface area (Å²) in [6, 6.07) is 22.0. The molecule has 3 aromatic carbocycles. The van der Waals surface area contributed by atoms with E-state index >= 15 is 13.2 Å². The zero-order valence-corrected chi connectivity index (χ0v) is 30.4. The van der Waals surface area contributed by atoms with Crippen molar-refractivity contribution >= 4 is 11.4 Å². The number of benzene rings is 3. The van der Waals surface area contributed by atoms with Crippen LogP contribution in [-0.2, 0) is 23.5 Å². The third-order valence-electron chi connectivity index (χ3n) is 9.64. The van der Waals surface area contributed by atoms with Gasteiger partial charge in [0, 0.05) is 24.3 Å². The van der Waals surface area contributed by atoms with E-state index in [2.05, 4.69) is 25.3 Å². The maximum Gasteiger partial charge on any atom is 0.350 e.